The first-order valence-electron chi connectivity index (χ1n) is 5.55. The SMILES string of the molecule is CS[C@H]1CCCCN(c2ncc(Br)cn2)C1. The van der Waals surface area contributed by atoms with Gasteiger partial charge in [-0.25, -0.2) is 9.97 Å². The van der Waals surface area contributed by atoms with Crippen LogP contribution in [0.5, 0.6) is 0 Å². The quantitative estimate of drug-likeness (QED) is 0.840. The van der Waals surface area contributed by atoms with Crippen LogP contribution in [0.3, 0.4) is 0 Å². The van der Waals surface area contributed by atoms with Gasteiger partial charge >= 0.3 is 0 Å². The number of nitrogens with zero attached hydrogens (tertiary/aromatic N) is 3. The molecule has 0 spiro atoms. The molecule has 0 aliphatic carbocycles. The zero-order valence-electron chi connectivity index (χ0n) is 9.40. The van der Waals surface area contributed by atoms with E-state index in [0.717, 1.165) is 28.8 Å². The average molecular weight is 302 g/mol. The number of aromatic nitrogens is 2. The fraction of sp³-hybridized carbons (Fsp3) is 0.636. The first-order valence-corrected chi connectivity index (χ1v) is 7.63. The second kappa shape index (κ2) is 5.87. The van der Waals surface area contributed by atoms with Gasteiger partial charge in [0.05, 0.1) is 4.47 Å². The van der Waals surface area contributed by atoms with Gasteiger partial charge in [0.15, 0.2) is 0 Å². The number of thioether (sulfide) groups is 1. The third kappa shape index (κ3) is 3.10. The maximum absolute atomic E-state index is 4.37. The standard InChI is InChI=1S/C11H16BrN3S/c1-16-10-4-2-3-5-15(8-10)11-13-6-9(12)7-14-11/h6-7,10H,2-5,8H2,1H3/t10-/m0/s1. The molecule has 0 saturated carbocycles. The van der Waals surface area contributed by atoms with Gasteiger partial charge in [0, 0.05) is 30.7 Å². The van der Waals surface area contributed by atoms with Crippen molar-refractivity contribution < 1.29 is 0 Å². The number of hydrogen-bond donors (Lipinski definition) is 0. The molecule has 1 saturated heterocycles. The van der Waals surface area contributed by atoms with Crippen LogP contribution in [0.15, 0.2) is 16.9 Å². The first-order chi connectivity index (χ1) is 7.79. The number of halogens is 1. The van der Waals surface area contributed by atoms with Crippen LogP contribution in [0.4, 0.5) is 5.95 Å². The lowest BCUT2D eigenvalue weighted by Crippen LogP contribution is -2.30. The molecule has 1 atom stereocenters. The molecule has 2 heterocycles. The zero-order chi connectivity index (χ0) is 11.4. The van der Waals surface area contributed by atoms with Crippen molar-refractivity contribution in [2.45, 2.75) is 24.5 Å². The Balaban J connectivity index is 2.09. The van der Waals surface area contributed by atoms with E-state index in [0.29, 0.717) is 0 Å². The molecule has 0 N–H and O–H groups in total. The van der Waals surface area contributed by atoms with Crippen molar-refractivity contribution in [3.63, 3.8) is 0 Å². The molecule has 0 radical (unpaired) electrons. The van der Waals surface area contributed by atoms with Gasteiger partial charge in [-0.15, -0.1) is 0 Å². The fourth-order valence-corrected chi connectivity index (χ4v) is 2.88. The number of anilines is 1. The molecule has 88 valence electrons. The smallest absolute Gasteiger partial charge is 0.225 e. The van der Waals surface area contributed by atoms with E-state index in [-0.39, 0.29) is 0 Å². The van der Waals surface area contributed by atoms with Gasteiger partial charge < -0.3 is 4.90 Å². The minimum absolute atomic E-state index is 0.717. The Kier molecular flexibility index (Phi) is 4.46. The Morgan fingerprint density at radius 3 is 2.81 bits per heavy atom. The van der Waals surface area contributed by atoms with Gasteiger partial charge in [0.1, 0.15) is 0 Å². The maximum atomic E-state index is 4.37. The van der Waals surface area contributed by atoms with Gasteiger partial charge in [0.2, 0.25) is 5.95 Å². The van der Waals surface area contributed by atoms with Gasteiger partial charge in [-0.2, -0.15) is 11.8 Å². The van der Waals surface area contributed by atoms with Crippen molar-refractivity contribution in [3.8, 4) is 0 Å². The summed E-state index contributed by atoms with van der Waals surface area (Å²) in [6.07, 6.45) is 9.71. The van der Waals surface area contributed by atoms with Gasteiger partial charge in [0.25, 0.3) is 0 Å². The van der Waals surface area contributed by atoms with Crippen LogP contribution in [-0.2, 0) is 0 Å². The highest BCUT2D eigenvalue weighted by Crippen LogP contribution is 2.22. The summed E-state index contributed by atoms with van der Waals surface area (Å²) in [6, 6.07) is 0. The van der Waals surface area contributed by atoms with Gasteiger partial charge in [-0.3, -0.25) is 0 Å². The summed E-state index contributed by atoms with van der Waals surface area (Å²) >= 11 is 5.32. The predicted octanol–water partition coefficient (Wildman–Crippen LogP) is 2.96. The van der Waals surface area contributed by atoms with Crippen LogP contribution in [0.2, 0.25) is 0 Å². The second-order valence-electron chi connectivity index (χ2n) is 4.00. The molecule has 1 aliphatic heterocycles. The van der Waals surface area contributed by atoms with Crippen LogP contribution < -0.4 is 4.90 Å². The highest BCUT2D eigenvalue weighted by atomic mass is 79.9. The lowest BCUT2D eigenvalue weighted by atomic mass is 10.2. The third-order valence-electron chi connectivity index (χ3n) is 2.85. The summed E-state index contributed by atoms with van der Waals surface area (Å²) < 4.78 is 0.937. The minimum atomic E-state index is 0.717. The molecule has 0 unspecified atom stereocenters. The largest absolute Gasteiger partial charge is 0.340 e. The molecular formula is C11H16BrN3S. The summed E-state index contributed by atoms with van der Waals surface area (Å²) in [5, 5.41) is 0.717. The second-order valence-corrected chi connectivity index (χ2v) is 6.05. The summed E-state index contributed by atoms with van der Waals surface area (Å²) in [4.78, 5) is 11.0. The van der Waals surface area contributed by atoms with Crippen molar-refractivity contribution in [3.05, 3.63) is 16.9 Å². The molecule has 5 heteroatoms. The molecule has 0 amide bonds. The summed E-state index contributed by atoms with van der Waals surface area (Å²) in [5.41, 5.74) is 0. The molecule has 2 rings (SSSR count). The molecule has 1 aromatic rings. The Morgan fingerprint density at radius 2 is 2.12 bits per heavy atom. The molecule has 0 bridgehead atoms. The Hall–Kier alpha value is -0.290. The van der Waals surface area contributed by atoms with E-state index >= 15 is 0 Å². The van der Waals surface area contributed by atoms with Crippen molar-refractivity contribution in [2.75, 3.05) is 24.2 Å². The lowest BCUT2D eigenvalue weighted by Gasteiger charge is -2.23. The Labute approximate surface area is 109 Å². The lowest BCUT2D eigenvalue weighted by molar-refractivity contribution is 0.735. The Bertz CT molecular complexity index is 331. The highest BCUT2D eigenvalue weighted by molar-refractivity contribution is 9.10. The third-order valence-corrected chi connectivity index (χ3v) is 4.31. The van der Waals surface area contributed by atoms with Crippen molar-refractivity contribution in [2.24, 2.45) is 0 Å². The molecule has 1 aliphatic rings. The maximum Gasteiger partial charge on any atom is 0.225 e. The zero-order valence-corrected chi connectivity index (χ0v) is 11.8. The van der Waals surface area contributed by atoms with Gasteiger partial charge in [-0.1, -0.05) is 6.42 Å². The van der Waals surface area contributed by atoms with Crippen LogP contribution in [0.1, 0.15) is 19.3 Å². The fourth-order valence-electron chi connectivity index (χ4n) is 1.95. The van der Waals surface area contributed by atoms with E-state index in [2.05, 4.69) is 37.1 Å². The number of rotatable bonds is 2. The monoisotopic (exact) mass is 301 g/mol. The van der Waals surface area contributed by atoms with E-state index in [1.807, 2.05) is 24.2 Å². The topological polar surface area (TPSA) is 29.0 Å². The van der Waals surface area contributed by atoms with Crippen LogP contribution in [-0.4, -0.2) is 34.6 Å². The Morgan fingerprint density at radius 1 is 1.38 bits per heavy atom. The van der Waals surface area contributed by atoms with E-state index < -0.39 is 0 Å². The molecule has 0 aromatic carbocycles. The normalized spacial score (nSPS) is 21.9. The van der Waals surface area contributed by atoms with Crippen molar-refractivity contribution >= 4 is 33.6 Å². The van der Waals surface area contributed by atoms with Crippen LogP contribution >= 0.6 is 27.7 Å². The summed E-state index contributed by atoms with van der Waals surface area (Å²) in [5.74, 6) is 0.865. The van der Waals surface area contributed by atoms with E-state index in [9.17, 15) is 0 Å². The van der Waals surface area contributed by atoms with E-state index in [4.69, 9.17) is 0 Å². The summed E-state index contributed by atoms with van der Waals surface area (Å²) in [6.45, 7) is 2.15. The molecule has 16 heavy (non-hydrogen) atoms. The van der Waals surface area contributed by atoms with E-state index in [1.54, 1.807) is 0 Å². The van der Waals surface area contributed by atoms with Crippen LogP contribution in [0.25, 0.3) is 0 Å². The van der Waals surface area contributed by atoms with Crippen molar-refractivity contribution in [1.82, 2.24) is 9.97 Å². The molecule has 3 nitrogen and oxygen atoms in total. The molecule has 1 aromatic heterocycles. The van der Waals surface area contributed by atoms with Crippen LogP contribution in [0, 0.1) is 0 Å². The van der Waals surface area contributed by atoms with Crippen molar-refractivity contribution in [1.29, 1.82) is 0 Å². The van der Waals surface area contributed by atoms with E-state index in [1.165, 1.54) is 19.3 Å². The average Bonchev–Trinajstić information content (AvgIpc) is 2.55. The highest BCUT2D eigenvalue weighted by Gasteiger charge is 2.18. The van der Waals surface area contributed by atoms with Gasteiger partial charge in [-0.05, 0) is 35.0 Å². The molecular weight excluding hydrogens is 286 g/mol. The summed E-state index contributed by atoms with van der Waals surface area (Å²) in [7, 11) is 0. The molecule has 1 fully saturated rings. The minimum Gasteiger partial charge on any atom is -0.340 e. The first kappa shape index (κ1) is 12.2. The predicted molar refractivity (Wildman–Crippen MR) is 73.1 cm³/mol. The number of hydrogen-bond acceptors (Lipinski definition) is 4.